The lowest BCUT2D eigenvalue weighted by Crippen LogP contribution is -2.25. The fraction of sp³-hybridized carbons (Fsp3) is 0.417. The maximum atomic E-state index is 11.9. The maximum absolute atomic E-state index is 11.9. The third-order valence-electron chi connectivity index (χ3n) is 2.61. The van der Waals surface area contributed by atoms with E-state index < -0.39 is 0 Å². The topological polar surface area (TPSA) is 50.3 Å². The summed E-state index contributed by atoms with van der Waals surface area (Å²) >= 11 is 1.25. The normalized spacial score (nSPS) is 19.8. The lowest BCUT2D eigenvalue weighted by atomic mass is 10.3. The Bertz CT molecular complexity index is 462. The number of aromatic nitrogens is 1. The number of rotatable bonds is 2. The van der Waals surface area contributed by atoms with E-state index in [9.17, 15) is 9.59 Å². The van der Waals surface area contributed by atoms with Gasteiger partial charge in [-0.05, 0) is 19.1 Å². The predicted molar refractivity (Wildman–Crippen MR) is 68.0 cm³/mol. The first kappa shape index (κ1) is 12.1. The van der Waals surface area contributed by atoms with E-state index in [0.29, 0.717) is 13.0 Å². The number of hydrogen-bond donors (Lipinski definition) is 0. The maximum Gasteiger partial charge on any atom is 0.228 e. The number of anilines is 1. The van der Waals surface area contributed by atoms with Crippen LogP contribution in [0, 0.1) is 6.92 Å². The third-order valence-corrected chi connectivity index (χ3v) is 3.60. The van der Waals surface area contributed by atoms with Crippen molar-refractivity contribution in [3.63, 3.8) is 0 Å². The molecule has 1 saturated heterocycles. The summed E-state index contributed by atoms with van der Waals surface area (Å²) in [5.41, 5.74) is 1.76. The van der Waals surface area contributed by atoms with Crippen LogP contribution >= 0.6 is 11.8 Å². The van der Waals surface area contributed by atoms with Gasteiger partial charge in [-0.15, -0.1) is 0 Å². The van der Waals surface area contributed by atoms with Gasteiger partial charge in [-0.3, -0.25) is 14.6 Å². The molecule has 0 saturated carbocycles. The number of pyridine rings is 1. The smallest absolute Gasteiger partial charge is 0.228 e. The lowest BCUT2D eigenvalue weighted by molar-refractivity contribution is -0.117. The van der Waals surface area contributed by atoms with Crippen LogP contribution in [0.1, 0.15) is 19.0 Å². The minimum Gasteiger partial charge on any atom is -0.311 e. The highest BCUT2D eigenvalue weighted by Crippen LogP contribution is 2.28. The zero-order valence-electron chi connectivity index (χ0n) is 9.84. The molecule has 1 amide bonds. The highest BCUT2D eigenvalue weighted by Gasteiger charge is 2.31. The van der Waals surface area contributed by atoms with Crippen LogP contribution < -0.4 is 4.90 Å². The van der Waals surface area contributed by atoms with Crippen molar-refractivity contribution >= 4 is 28.5 Å². The van der Waals surface area contributed by atoms with Crippen LogP contribution in [-0.4, -0.2) is 27.8 Å². The Balaban J connectivity index is 2.13. The van der Waals surface area contributed by atoms with Gasteiger partial charge in [0.15, 0.2) is 5.12 Å². The Morgan fingerprint density at radius 1 is 1.59 bits per heavy atom. The zero-order valence-corrected chi connectivity index (χ0v) is 10.7. The number of thioether (sulfide) groups is 1. The van der Waals surface area contributed by atoms with E-state index in [4.69, 9.17) is 0 Å². The number of hydrogen-bond acceptors (Lipinski definition) is 4. The summed E-state index contributed by atoms with van der Waals surface area (Å²) in [4.78, 5) is 28.7. The van der Waals surface area contributed by atoms with Crippen LogP contribution in [0.5, 0.6) is 0 Å². The van der Waals surface area contributed by atoms with Crippen molar-refractivity contribution in [2.75, 3.05) is 11.4 Å². The minimum absolute atomic E-state index is 0.0653. The molecule has 1 aliphatic heterocycles. The number of carbonyl (C=O) groups is 2. The molecule has 0 radical (unpaired) electrons. The van der Waals surface area contributed by atoms with Gasteiger partial charge in [0.05, 0.1) is 0 Å². The second-order valence-electron chi connectivity index (χ2n) is 4.10. The molecular weight excluding hydrogens is 236 g/mol. The molecule has 0 spiro atoms. The van der Waals surface area contributed by atoms with Crippen molar-refractivity contribution in [3.8, 4) is 0 Å². The molecular formula is C12H14N2O2S. The fourth-order valence-electron chi connectivity index (χ4n) is 1.94. The van der Waals surface area contributed by atoms with Gasteiger partial charge >= 0.3 is 0 Å². The molecule has 1 aromatic heterocycles. The highest BCUT2D eigenvalue weighted by atomic mass is 32.2. The number of aryl methyl sites for hydroxylation is 1. The molecule has 0 N–H and O–H groups in total. The van der Waals surface area contributed by atoms with E-state index in [-0.39, 0.29) is 16.3 Å². The molecule has 0 aliphatic carbocycles. The van der Waals surface area contributed by atoms with E-state index in [2.05, 4.69) is 4.98 Å². The van der Waals surface area contributed by atoms with Crippen LogP contribution in [0.25, 0.3) is 0 Å². The van der Waals surface area contributed by atoms with Crippen LogP contribution in [0.3, 0.4) is 0 Å². The second-order valence-corrected chi connectivity index (χ2v) is 5.57. The van der Waals surface area contributed by atoms with Crippen LogP contribution in [0.4, 0.5) is 5.69 Å². The third kappa shape index (κ3) is 2.85. The van der Waals surface area contributed by atoms with Gasteiger partial charge in [0.2, 0.25) is 5.91 Å². The van der Waals surface area contributed by atoms with Crippen molar-refractivity contribution in [2.24, 2.45) is 0 Å². The lowest BCUT2D eigenvalue weighted by Gasteiger charge is -2.16. The van der Waals surface area contributed by atoms with E-state index in [1.54, 1.807) is 11.1 Å². The first-order chi connectivity index (χ1) is 8.06. The largest absolute Gasteiger partial charge is 0.311 e. The van der Waals surface area contributed by atoms with Gasteiger partial charge in [0.1, 0.15) is 0 Å². The van der Waals surface area contributed by atoms with Gasteiger partial charge < -0.3 is 4.90 Å². The van der Waals surface area contributed by atoms with Gasteiger partial charge in [-0.2, -0.15) is 0 Å². The standard InChI is InChI=1S/C12H14N2O2S/c1-8-5-10(3-4-13-8)14-7-11(6-12(14)16)17-9(2)15/h3-5,11H,6-7H2,1-2H3. The van der Waals surface area contributed by atoms with Crippen LogP contribution in [0.15, 0.2) is 18.3 Å². The molecule has 5 heteroatoms. The van der Waals surface area contributed by atoms with Crippen molar-refractivity contribution in [1.82, 2.24) is 4.98 Å². The Morgan fingerprint density at radius 2 is 2.35 bits per heavy atom. The molecule has 1 unspecified atom stereocenters. The average Bonchev–Trinajstić information content (AvgIpc) is 2.58. The molecule has 0 aromatic carbocycles. The second kappa shape index (κ2) is 4.87. The van der Waals surface area contributed by atoms with E-state index >= 15 is 0 Å². The van der Waals surface area contributed by atoms with Crippen LogP contribution in [0.2, 0.25) is 0 Å². The number of nitrogens with zero attached hydrogens (tertiary/aromatic N) is 2. The molecule has 1 aromatic rings. The molecule has 1 atom stereocenters. The Labute approximate surface area is 104 Å². The monoisotopic (exact) mass is 250 g/mol. The van der Waals surface area contributed by atoms with Gasteiger partial charge in [0.25, 0.3) is 0 Å². The quantitative estimate of drug-likeness (QED) is 0.802. The highest BCUT2D eigenvalue weighted by molar-refractivity contribution is 8.14. The summed E-state index contributed by atoms with van der Waals surface area (Å²) in [5.74, 6) is 0.0781. The van der Waals surface area contributed by atoms with Crippen molar-refractivity contribution in [1.29, 1.82) is 0 Å². The van der Waals surface area contributed by atoms with Crippen molar-refractivity contribution < 1.29 is 9.59 Å². The van der Waals surface area contributed by atoms with E-state index in [1.165, 1.54) is 18.7 Å². The molecule has 2 rings (SSSR count). The van der Waals surface area contributed by atoms with Crippen LogP contribution in [-0.2, 0) is 9.59 Å². The Hall–Kier alpha value is -1.36. The van der Waals surface area contributed by atoms with Crippen molar-refractivity contribution in [2.45, 2.75) is 25.5 Å². The summed E-state index contributed by atoms with van der Waals surface area (Å²) in [5, 5.41) is 0.143. The summed E-state index contributed by atoms with van der Waals surface area (Å²) in [6.07, 6.45) is 2.13. The van der Waals surface area contributed by atoms with Crippen molar-refractivity contribution in [3.05, 3.63) is 24.0 Å². The van der Waals surface area contributed by atoms with Gasteiger partial charge in [-0.25, -0.2) is 0 Å². The SMILES string of the molecule is CC(=O)SC1CC(=O)N(c2ccnc(C)c2)C1. The molecule has 0 bridgehead atoms. The first-order valence-electron chi connectivity index (χ1n) is 5.46. The number of amides is 1. The predicted octanol–water partition coefficient (Wildman–Crippen LogP) is 1.78. The van der Waals surface area contributed by atoms with E-state index in [1.807, 2.05) is 19.1 Å². The molecule has 1 aliphatic rings. The molecule has 90 valence electrons. The molecule has 1 fully saturated rings. The van der Waals surface area contributed by atoms with Gasteiger partial charge in [0, 0.05) is 42.7 Å². The average molecular weight is 250 g/mol. The Morgan fingerprint density at radius 3 is 3.00 bits per heavy atom. The molecule has 4 nitrogen and oxygen atoms in total. The summed E-state index contributed by atoms with van der Waals surface area (Å²) in [6, 6.07) is 3.71. The molecule has 2 heterocycles. The zero-order chi connectivity index (χ0) is 12.4. The Kier molecular flexibility index (Phi) is 3.47. The molecule has 17 heavy (non-hydrogen) atoms. The first-order valence-corrected chi connectivity index (χ1v) is 6.34. The summed E-state index contributed by atoms with van der Waals surface area (Å²) in [7, 11) is 0. The number of carbonyl (C=O) groups excluding carboxylic acids is 2. The fourth-order valence-corrected chi connectivity index (χ4v) is 2.86. The van der Waals surface area contributed by atoms with E-state index in [0.717, 1.165) is 11.4 Å². The minimum atomic E-state index is 0.0653. The van der Waals surface area contributed by atoms with Gasteiger partial charge in [-0.1, -0.05) is 11.8 Å². The summed E-state index contributed by atoms with van der Waals surface area (Å²) < 4.78 is 0. The summed E-state index contributed by atoms with van der Waals surface area (Å²) in [6.45, 7) is 4.03.